The maximum absolute atomic E-state index is 6.18. The molecule has 1 atom stereocenters. The summed E-state index contributed by atoms with van der Waals surface area (Å²) < 4.78 is 8.69. The predicted octanol–water partition coefficient (Wildman–Crippen LogP) is 14.5. The zero-order valence-corrected chi connectivity index (χ0v) is 31.4. The fourth-order valence-corrected chi connectivity index (χ4v) is 10.4. The van der Waals surface area contributed by atoms with E-state index in [2.05, 4.69) is 204 Å². The van der Waals surface area contributed by atoms with Crippen molar-refractivity contribution in [2.45, 2.75) is 5.41 Å². The van der Waals surface area contributed by atoms with Crippen LogP contribution in [-0.4, -0.2) is 4.57 Å². The SMILES string of the molecule is c1ccc(N(c2cccc(-c3ccc4oc5ccccc5c4c3)c2)c2ccc3c(c2)-c2ccccc2C32c3ccccc3-n3c4ccccc4c4cccc2c43)cc1. The maximum Gasteiger partial charge on any atom is 0.135 e. The molecule has 0 radical (unpaired) electrons. The van der Waals surface area contributed by atoms with Crippen LogP contribution in [0.2, 0.25) is 0 Å². The Labute approximate surface area is 335 Å². The second-order valence-electron chi connectivity index (χ2n) is 15.6. The number of hydrogen-bond acceptors (Lipinski definition) is 2. The summed E-state index contributed by atoms with van der Waals surface area (Å²) in [4.78, 5) is 2.40. The minimum atomic E-state index is -0.488. The molecule has 1 unspecified atom stereocenters. The van der Waals surface area contributed by atoms with Gasteiger partial charge in [-0.2, -0.15) is 0 Å². The zero-order valence-electron chi connectivity index (χ0n) is 31.4. The van der Waals surface area contributed by atoms with E-state index < -0.39 is 5.41 Å². The monoisotopic (exact) mass is 738 g/mol. The van der Waals surface area contributed by atoms with Crippen molar-refractivity contribution in [1.29, 1.82) is 0 Å². The smallest absolute Gasteiger partial charge is 0.135 e. The van der Waals surface area contributed by atoms with E-state index in [4.69, 9.17) is 4.42 Å². The largest absolute Gasteiger partial charge is 0.456 e. The molecule has 2 aromatic heterocycles. The number of rotatable bonds is 4. The van der Waals surface area contributed by atoms with Gasteiger partial charge in [0.2, 0.25) is 0 Å². The number of hydrogen-bond donors (Lipinski definition) is 0. The highest BCUT2D eigenvalue weighted by molar-refractivity contribution is 6.13. The van der Waals surface area contributed by atoms with Crippen LogP contribution in [0.5, 0.6) is 0 Å². The van der Waals surface area contributed by atoms with E-state index in [9.17, 15) is 0 Å². The minimum absolute atomic E-state index is 0.488. The molecule has 1 aliphatic carbocycles. The lowest BCUT2D eigenvalue weighted by Gasteiger charge is -2.39. The van der Waals surface area contributed by atoms with Gasteiger partial charge < -0.3 is 13.9 Å². The molecule has 13 rings (SSSR count). The van der Waals surface area contributed by atoms with Crippen LogP contribution >= 0.6 is 0 Å². The van der Waals surface area contributed by atoms with Crippen LogP contribution in [0, 0.1) is 0 Å². The topological polar surface area (TPSA) is 21.3 Å². The summed E-state index contributed by atoms with van der Waals surface area (Å²) >= 11 is 0. The first kappa shape index (κ1) is 31.6. The van der Waals surface area contributed by atoms with Gasteiger partial charge in [-0.25, -0.2) is 0 Å². The standard InChI is InChI=1S/C55H34N2O/c1-2-15-37(16-3-1)56(38-17-12-14-35(32-38)36-28-31-53-45(33-36)42-20-6-11-27-52(42)58-53)39-29-30-47-44(34-39)40-18-4-7-22-46(40)55(47)48-23-8-10-26-51(48)57-50-25-9-5-19-41(50)43-21-13-24-49(55)54(43)57/h1-34H. The molecule has 3 nitrogen and oxygen atoms in total. The lowest BCUT2D eigenvalue weighted by atomic mass is 9.65. The van der Waals surface area contributed by atoms with Gasteiger partial charge in [-0.1, -0.05) is 140 Å². The molecule has 2 aliphatic rings. The molecule has 1 aliphatic heterocycles. The van der Waals surface area contributed by atoms with Gasteiger partial charge in [0.05, 0.1) is 22.1 Å². The number of benzene rings is 9. The normalized spacial score (nSPS) is 15.0. The van der Waals surface area contributed by atoms with Crippen molar-refractivity contribution in [2.24, 2.45) is 0 Å². The van der Waals surface area contributed by atoms with Crippen LogP contribution in [0.3, 0.4) is 0 Å². The molecular formula is C55H34N2O. The molecule has 11 aromatic rings. The first-order valence-corrected chi connectivity index (χ1v) is 20.0. The van der Waals surface area contributed by atoms with Gasteiger partial charge in [0.1, 0.15) is 11.2 Å². The lowest BCUT2D eigenvalue weighted by molar-refractivity contribution is 0.669. The van der Waals surface area contributed by atoms with Crippen molar-refractivity contribution in [2.75, 3.05) is 4.90 Å². The molecule has 0 bridgehead atoms. The quantitative estimate of drug-likeness (QED) is 0.179. The van der Waals surface area contributed by atoms with Crippen LogP contribution < -0.4 is 4.90 Å². The van der Waals surface area contributed by atoms with Gasteiger partial charge in [0.15, 0.2) is 0 Å². The fraction of sp³-hybridized carbons (Fsp3) is 0.0182. The summed E-state index contributed by atoms with van der Waals surface area (Å²) in [5.74, 6) is 0. The van der Waals surface area contributed by atoms with Crippen molar-refractivity contribution in [3.05, 3.63) is 229 Å². The summed E-state index contributed by atoms with van der Waals surface area (Å²) in [6, 6.07) is 75.6. The summed E-state index contributed by atoms with van der Waals surface area (Å²) in [6.45, 7) is 0. The third kappa shape index (κ3) is 4.12. The Morgan fingerprint density at radius 2 is 1.03 bits per heavy atom. The fourth-order valence-electron chi connectivity index (χ4n) is 10.4. The third-order valence-corrected chi connectivity index (χ3v) is 12.8. The first-order valence-electron chi connectivity index (χ1n) is 20.0. The molecule has 270 valence electrons. The van der Waals surface area contributed by atoms with Gasteiger partial charge >= 0.3 is 0 Å². The third-order valence-electron chi connectivity index (χ3n) is 12.8. The first-order chi connectivity index (χ1) is 28.8. The minimum Gasteiger partial charge on any atom is -0.456 e. The Bertz CT molecular complexity index is 3480. The molecule has 58 heavy (non-hydrogen) atoms. The van der Waals surface area contributed by atoms with E-state index in [0.29, 0.717) is 0 Å². The van der Waals surface area contributed by atoms with Crippen LogP contribution in [0.15, 0.2) is 211 Å². The van der Waals surface area contributed by atoms with Crippen LogP contribution in [-0.2, 0) is 5.41 Å². The number of furan rings is 1. The predicted molar refractivity (Wildman–Crippen MR) is 239 cm³/mol. The van der Waals surface area contributed by atoms with Gasteiger partial charge in [0.25, 0.3) is 0 Å². The Hall–Kier alpha value is -7.62. The lowest BCUT2D eigenvalue weighted by Crippen LogP contribution is -2.33. The molecular weight excluding hydrogens is 705 g/mol. The van der Waals surface area contributed by atoms with E-state index in [-0.39, 0.29) is 0 Å². The second kappa shape index (κ2) is 11.7. The van der Waals surface area contributed by atoms with E-state index >= 15 is 0 Å². The molecule has 0 saturated carbocycles. The van der Waals surface area contributed by atoms with Crippen LogP contribution in [0.4, 0.5) is 17.1 Å². The Balaban J connectivity index is 1.03. The number of nitrogens with zero attached hydrogens (tertiary/aromatic N) is 2. The Kier molecular flexibility index (Phi) is 6.37. The number of anilines is 3. The molecule has 0 amide bonds. The Morgan fingerprint density at radius 3 is 1.97 bits per heavy atom. The molecule has 3 heterocycles. The van der Waals surface area contributed by atoms with Gasteiger partial charge in [-0.05, 0) is 111 Å². The summed E-state index contributed by atoms with van der Waals surface area (Å²) in [5.41, 5.74) is 18.5. The average Bonchev–Trinajstić information content (AvgIpc) is 3.93. The summed E-state index contributed by atoms with van der Waals surface area (Å²) in [5, 5.41) is 4.84. The summed E-state index contributed by atoms with van der Waals surface area (Å²) in [7, 11) is 0. The molecule has 9 aromatic carbocycles. The van der Waals surface area contributed by atoms with Crippen molar-refractivity contribution in [1.82, 2.24) is 4.57 Å². The van der Waals surface area contributed by atoms with Crippen LogP contribution in [0.25, 0.3) is 71.7 Å². The van der Waals surface area contributed by atoms with Crippen molar-refractivity contribution in [3.63, 3.8) is 0 Å². The van der Waals surface area contributed by atoms with Gasteiger partial charge in [-0.15, -0.1) is 0 Å². The van der Waals surface area contributed by atoms with Crippen molar-refractivity contribution >= 4 is 60.8 Å². The molecule has 0 N–H and O–H groups in total. The van der Waals surface area contributed by atoms with Crippen LogP contribution in [0.1, 0.15) is 22.3 Å². The van der Waals surface area contributed by atoms with E-state index in [0.717, 1.165) is 50.1 Å². The second-order valence-corrected chi connectivity index (χ2v) is 15.6. The van der Waals surface area contributed by atoms with E-state index in [1.165, 1.54) is 60.9 Å². The maximum atomic E-state index is 6.18. The van der Waals surface area contributed by atoms with E-state index in [1.807, 2.05) is 12.1 Å². The highest BCUT2D eigenvalue weighted by Crippen LogP contribution is 2.61. The van der Waals surface area contributed by atoms with E-state index in [1.54, 1.807) is 0 Å². The van der Waals surface area contributed by atoms with Crippen molar-refractivity contribution < 1.29 is 4.42 Å². The average molecular weight is 739 g/mol. The molecule has 0 saturated heterocycles. The zero-order chi connectivity index (χ0) is 38.0. The van der Waals surface area contributed by atoms with Gasteiger partial charge in [-0.3, -0.25) is 0 Å². The van der Waals surface area contributed by atoms with Crippen molar-refractivity contribution in [3.8, 4) is 27.9 Å². The Morgan fingerprint density at radius 1 is 0.379 bits per heavy atom. The molecule has 0 fully saturated rings. The molecule has 3 heteroatoms. The highest BCUT2D eigenvalue weighted by Gasteiger charge is 2.50. The van der Waals surface area contributed by atoms with Gasteiger partial charge in [0, 0.05) is 38.6 Å². The molecule has 1 spiro atoms. The number of para-hydroxylation sites is 5. The number of fused-ring (bicyclic) bond motifs is 15. The summed E-state index contributed by atoms with van der Waals surface area (Å²) in [6.07, 6.45) is 0. The highest BCUT2D eigenvalue weighted by atomic mass is 16.3. The number of aromatic nitrogens is 1.